The molecule has 2 nitrogen and oxygen atoms in total. The maximum atomic E-state index is 9.96. The van der Waals surface area contributed by atoms with E-state index in [2.05, 4.69) is 0 Å². The van der Waals surface area contributed by atoms with Gasteiger partial charge in [0.05, 0.1) is 0 Å². The van der Waals surface area contributed by atoms with Crippen molar-refractivity contribution < 1.29 is 9.90 Å². The van der Waals surface area contributed by atoms with Crippen LogP contribution in [0.25, 0.3) is 0 Å². The Morgan fingerprint density at radius 3 is 1.88 bits per heavy atom. The van der Waals surface area contributed by atoms with E-state index in [4.69, 9.17) is 5.11 Å². The first-order chi connectivity index (χ1) is 3.42. The maximum absolute atomic E-state index is 9.96. The van der Waals surface area contributed by atoms with E-state index in [0.29, 0.717) is 0 Å². The highest BCUT2D eigenvalue weighted by molar-refractivity contribution is 6.73. The molecule has 0 amide bonds. The highest BCUT2D eigenvalue weighted by Crippen LogP contribution is 2.19. The number of hydrogen-bond acceptors (Lipinski definition) is 1. The van der Waals surface area contributed by atoms with E-state index < -0.39 is 5.87 Å². The zero-order chi connectivity index (χ0) is 6.78. The van der Waals surface area contributed by atoms with Crippen molar-refractivity contribution in [2.24, 2.45) is 0 Å². The van der Waals surface area contributed by atoms with E-state index in [9.17, 15) is 4.79 Å². The second kappa shape index (κ2) is 2.20. The number of rotatable bonds is 1. The summed E-state index contributed by atoms with van der Waals surface area (Å²) in [5, 5.41) is 7.99. The first kappa shape index (κ1) is 7.53. The molecule has 0 rings (SSSR count). The summed E-state index contributed by atoms with van der Waals surface area (Å²) in [4.78, 5) is 9.96. The van der Waals surface area contributed by atoms with Crippen LogP contribution in [0.15, 0.2) is 0 Å². The van der Waals surface area contributed by atoms with Crippen molar-refractivity contribution in [2.75, 3.05) is 0 Å². The first-order valence-corrected chi connectivity index (χ1v) is 2.51. The Morgan fingerprint density at radius 2 is 1.88 bits per heavy atom. The number of carboxylic acid groups (broad SMARTS) is 1. The van der Waals surface area contributed by atoms with Crippen molar-refractivity contribution in [2.45, 2.75) is 26.1 Å². The molecule has 3 heteroatoms. The van der Waals surface area contributed by atoms with Crippen LogP contribution in [0, 0.1) is 0 Å². The average Bonchev–Trinajstić information content (AvgIpc) is 1.21. The highest BCUT2D eigenvalue weighted by atomic mass is 16.4. The van der Waals surface area contributed by atoms with Gasteiger partial charge in [0.15, 0.2) is 0 Å². The fourth-order valence-electron chi connectivity index (χ4n) is 0.370. The Bertz CT molecular complexity index is 93.1. The topological polar surface area (TPSA) is 37.3 Å². The van der Waals surface area contributed by atoms with Crippen molar-refractivity contribution >= 4 is 13.1 Å². The standard InChI is InChI=1S/C5H10BO2/c1-5(2,3)6-4(7)8/h1-3H3,(H,7,8). The maximum Gasteiger partial charge on any atom is 0.267 e. The summed E-state index contributed by atoms with van der Waals surface area (Å²) in [7, 11) is 1.27. The minimum absolute atomic E-state index is 0.203. The molecule has 45 valence electrons. The van der Waals surface area contributed by atoms with E-state index in [1.165, 1.54) is 7.28 Å². The largest absolute Gasteiger partial charge is 0.490 e. The highest BCUT2D eigenvalue weighted by Gasteiger charge is 2.17. The third-order valence-electron chi connectivity index (χ3n) is 0.556. The SMILES string of the molecule is CC(C)(C)[B]C(=O)O. The Balaban J connectivity index is 3.55. The lowest BCUT2D eigenvalue weighted by molar-refractivity contribution is 0.219. The molecule has 1 radical (unpaired) electrons. The number of hydrogen-bond donors (Lipinski definition) is 1. The van der Waals surface area contributed by atoms with Gasteiger partial charge >= 0.3 is 0 Å². The molecule has 0 aliphatic rings. The van der Waals surface area contributed by atoms with E-state index in [-0.39, 0.29) is 5.31 Å². The molecule has 0 aromatic carbocycles. The zero-order valence-electron chi connectivity index (χ0n) is 5.43. The van der Waals surface area contributed by atoms with Gasteiger partial charge in [-0.25, -0.2) is 0 Å². The van der Waals surface area contributed by atoms with Gasteiger partial charge in [0.2, 0.25) is 5.87 Å². The molecule has 0 saturated heterocycles. The summed E-state index contributed by atoms with van der Waals surface area (Å²) in [6, 6.07) is 0. The molecular formula is C5H10BO2. The van der Waals surface area contributed by atoms with Crippen molar-refractivity contribution in [3.8, 4) is 0 Å². The van der Waals surface area contributed by atoms with Crippen LogP contribution in [0.4, 0.5) is 4.79 Å². The van der Waals surface area contributed by atoms with Gasteiger partial charge in [-0.1, -0.05) is 26.1 Å². The molecule has 0 spiro atoms. The molecule has 0 saturated carbocycles. The van der Waals surface area contributed by atoms with E-state index in [0.717, 1.165) is 0 Å². The molecule has 0 aromatic heterocycles. The van der Waals surface area contributed by atoms with Crippen LogP contribution in [-0.4, -0.2) is 18.3 Å². The van der Waals surface area contributed by atoms with Crippen LogP contribution in [-0.2, 0) is 0 Å². The van der Waals surface area contributed by atoms with Crippen LogP contribution < -0.4 is 0 Å². The van der Waals surface area contributed by atoms with Gasteiger partial charge < -0.3 is 5.11 Å². The minimum atomic E-state index is -0.850. The monoisotopic (exact) mass is 113 g/mol. The third kappa shape index (κ3) is 5.53. The smallest absolute Gasteiger partial charge is 0.267 e. The van der Waals surface area contributed by atoms with Crippen LogP contribution in [0.2, 0.25) is 5.31 Å². The van der Waals surface area contributed by atoms with E-state index in [1.807, 2.05) is 20.8 Å². The van der Waals surface area contributed by atoms with Crippen molar-refractivity contribution in [1.29, 1.82) is 0 Å². The van der Waals surface area contributed by atoms with E-state index >= 15 is 0 Å². The van der Waals surface area contributed by atoms with Crippen molar-refractivity contribution in [3.05, 3.63) is 0 Å². The molecule has 0 fully saturated rings. The Hall–Kier alpha value is -0.465. The molecule has 1 N–H and O–H groups in total. The normalized spacial score (nSPS) is 10.9. The molecule has 0 aliphatic carbocycles. The average molecular weight is 113 g/mol. The van der Waals surface area contributed by atoms with Crippen LogP contribution in [0.5, 0.6) is 0 Å². The predicted octanol–water partition coefficient (Wildman–Crippen LogP) is 1.59. The van der Waals surface area contributed by atoms with Gasteiger partial charge in [-0.05, 0) is 0 Å². The first-order valence-electron chi connectivity index (χ1n) is 2.51. The van der Waals surface area contributed by atoms with Crippen molar-refractivity contribution in [3.63, 3.8) is 0 Å². The second-order valence-corrected chi connectivity index (χ2v) is 2.85. The summed E-state index contributed by atoms with van der Waals surface area (Å²) in [6.45, 7) is 5.54. The molecule has 8 heavy (non-hydrogen) atoms. The molecule has 0 bridgehead atoms. The van der Waals surface area contributed by atoms with Gasteiger partial charge in [0.1, 0.15) is 0 Å². The second-order valence-electron chi connectivity index (χ2n) is 2.85. The van der Waals surface area contributed by atoms with Crippen LogP contribution >= 0.6 is 0 Å². The summed E-state index contributed by atoms with van der Waals surface area (Å²) in [6.07, 6.45) is 0. The molecule has 0 atom stereocenters. The molecule has 0 aromatic rings. The predicted molar refractivity (Wildman–Crippen MR) is 33.5 cm³/mol. The quantitative estimate of drug-likeness (QED) is 0.524. The summed E-state index contributed by atoms with van der Waals surface area (Å²) in [5.74, 6) is -0.850. The lowest BCUT2D eigenvalue weighted by Gasteiger charge is -2.11. The fraction of sp³-hybridized carbons (Fsp3) is 0.800. The number of carbonyl (C=O) groups is 1. The third-order valence-corrected chi connectivity index (χ3v) is 0.556. The van der Waals surface area contributed by atoms with Gasteiger partial charge in [0.25, 0.3) is 7.28 Å². The lowest BCUT2D eigenvalue weighted by atomic mass is 9.55. The van der Waals surface area contributed by atoms with E-state index in [1.54, 1.807) is 0 Å². The molecular weight excluding hydrogens is 103 g/mol. The van der Waals surface area contributed by atoms with Crippen LogP contribution in [0.1, 0.15) is 20.8 Å². The minimum Gasteiger partial charge on any atom is -0.490 e. The summed E-state index contributed by atoms with van der Waals surface area (Å²) < 4.78 is 0. The van der Waals surface area contributed by atoms with Crippen molar-refractivity contribution in [1.82, 2.24) is 0 Å². The molecule has 0 heterocycles. The fourth-order valence-corrected chi connectivity index (χ4v) is 0.370. The molecule has 0 unspecified atom stereocenters. The Kier molecular flexibility index (Phi) is 2.07. The zero-order valence-corrected chi connectivity index (χ0v) is 5.43. The molecule has 0 aliphatic heterocycles. The summed E-state index contributed by atoms with van der Waals surface area (Å²) >= 11 is 0. The van der Waals surface area contributed by atoms with Gasteiger partial charge in [-0.15, -0.1) is 0 Å². The Labute approximate surface area is 50.1 Å². The lowest BCUT2D eigenvalue weighted by Crippen LogP contribution is -2.16. The van der Waals surface area contributed by atoms with Crippen LogP contribution in [0.3, 0.4) is 0 Å². The Morgan fingerprint density at radius 1 is 1.50 bits per heavy atom. The van der Waals surface area contributed by atoms with Gasteiger partial charge in [-0.2, -0.15) is 0 Å². The van der Waals surface area contributed by atoms with Gasteiger partial charge in [0, 0.05) is 0 Å². The van der Waals surface area contributed by atoms with Gasteiger partial charge in [-0.3, -0.25) is 4.79 Å². The summed E-state index contributed by atoms with van der Waals surface area (Å²) in [5.41, 5.74) is 0.